The summed E-state index contributed by atoms with van der Waals surface area (Å²) in [5.41, 5.74) is 4.61. The Labute approximate surface area is 176 Å². The van der Waals surface area contributed by atoms with Gasteiger partial charge in [0.05, 0.1) is 21.6 Å². The van der Waals surface area contributed by atoms with Gasteiger partial charge in [0.1, 0.15) is 0 Å². The zero-order valence-corrected chi connectivity index (χ0v) is 16.6. The van der Waals surface area contributed by atoms with Crippen LogP contribution in [0.5, 0.6) is 0 Å². The van der Waals surface area contributed by atoms with Crippen LogP contribution in [0.3, 0.4) is 0 Å². The van der Waals surface area contributed by atoms with E-state index in [2.05, 4.69) is 0 Å². The molecule has 1 saturated carbocycles. The summed E-state index contributed by atoms with van der Waals surface area (Å²) in [7, 11) is 0. The van der Waals surface area contributed by atoms with Crippen LogP contribution in [0, 0.1) is 5.82 Å². The molecule has 1 saturated heterocycles. The van der Waals surface area contributed by atoms with Gasteiger partial charge in [-0.05, 0) is 25.3 Å². The average molecular weight is 468 g/mol. The van der Waals surface area contributed by atoms with Crippen molar-refractivity contribution in [1.29, 1.82) is 0 Å². The van der Waals surface area contributed by atoms with Gasteiger partial charge in [-0.2, -0.15) is 17.8 Å². The van der Waals surface area contributed by atoms with Crippen LogP contribution in [0.1, 0.15) is 25.3 Å². The minimum atomic E-state index is -5.08. The van der Waals surface area contributed by atoms with E-state index in [4.69, 9.17) is 33.1 Å². The summed E-state index contributed by atoms with van der Waals surface area (Å²) in [5.74, 6) is 2.16. The molecule has 170 valence electrons. The maximum atomic E-state index is 15.3. The number of aromatic nitrogens is 2. The minimum absolute atomic E-state index is 0.0127. The number of nitrogens with zero attached hydrogens (tertiary/aromatic N) is 3. The van der Waals surface area contributed by atoms with Gasteiger partial charge >= 0.3 is 17.8 Å². The molecule has 0 bridgehead atoms. The van der Waals surface area contributed by atoms with Crippen molar-refractivity contribution in [3.8, 4) is 0 Å². The van der Waals surface area contributed by atoms with Crippen molar-refractivity contribution in [1.82, 2.24) is 9.24 Å². The summed E-state index contributed by atoms with van der Waals surface area (Å²) in [6.45, 7) is 1.05. The molecule has 0 amide bonds. The number of benzene rings is 1. The molecule has 2 fully saturated rings. The van der Waals surface area contributed by atoms with Crippen LogP contribution in [0.25, 0.3) is 10.9 Å². The summed E-state index contributed by atoms with van der Waals surface area (Å²) < 4.78 is 48.9. The average Bonchev–Trinajstić information content (AvgIpc) is 3.42. The number of carboxylic acids is 1. The molecule has 5 N–H and O–H groups in total. The number of carboxylic acid groups (broad SMARTS) is 1. The van der Waals surface area contributed by atoms with Crippen LogP contribution in [-0.2, 0) is 4.79 Å². The molecule has 31 heavy (non-hydrogen) atoms. The lowest BCUT2D eigenvalue weighted by molar-refractivity contribution is -0.192. The molecule has 2 aromatic rings. The van der Waals surface area contributed by atoms with E-state index < -0.39 is 29.2 Å². The van der Waals surface area contributed by atoms with Gasteiger partial charge in [0.25, 0.3) is 5.56 Å². The lowest BCUT2D eigenvalue weighted by atomic mass is 10.2. The first kappa shape index (κ1) is 22.9. The highest BCUT2D eigenvalue weighted by Gasteiger charge is 2.38. The third-order valence-electron chi connectivity index (χ3n) is 4.97. The zero-order valence-electron chi connectivity index (χ0n) is 15.8. The fourth-order valence-electron chi connectivity index (χ4n) is 3.38. The molecule has 2 heterocycles. The molecule has 1 aromatic carbocycles. The Morgan fingerprint density at radius 2 is 1.81 bits per heavy atom. The normalized spacial score (nSPS) is 18.8. The third kappa shape index (κ3) is 4.32. The van der Waals surface area contributed by atoms with E-state index in [-0.39, 0.29) is 33.7 Å². The third-order valence-corrected chi connectivity index (χ3v) is 5.25. The molecule has 1 unspecified atom stereocenters. The summed E-state index contributed by atoms with van der Waals surface area (Å²) in [4.78, 5) is 35.3. The van der Waals surface area contributed by atoms with Crippen LogP contribution in [0.15, 0.2) is 15.7 Å². The molecule has 1 aliphatic heterocycles. The Hall–Kier alpha value is -2.80. The highest BCUT2D eigenvalue weighted by Crippen LogP contribution is 2.40. The van der Waals surface area contributed by atoms with Gasteiger partial charge in [0.15, 0.2) is 5.82 Å². The lowest BCUT2D eigenvalue weighted by Crippen LogP contribution is -2.44. The number of alkyl halides is 3. The van der Waals surface area contributed by atoms with Crippen molar-refractivity contribution in [3.63, 3.8) is 0 Å². The van der Waals surface area contributed by atoms with Gasteiger partial charge < -0.3 is 21.6 Å². The number of anilines is 1. The molecule has 2 aliphatic rings. The number of nitrogens with two attached hydrogens (primary N) is 2. The maximum absolute atomic E-state index is 15.3. The first-order valence-corrected chi connectivity index (χ1v) is 9.47. The minimum Gasteiger partial charge on any atom is -0.475 e. The Morgan fingerprint density at radius 3 is 2.26 bits per heavy atom. The Morgan fingerprint density at radius 1 is 1.23 bits per heavy atom. The summed E-state index contributed by atoms with van der Waals surface area (Å²) >= 11 is 6.25. The number of carbonyl (C=O) groups is 1. The standard InChI is InChI=1S/C15H17ClFN5O2.C2HF3O2/c16-10-5-9-12(11(17)13(10)20-4-3-7(18)6-20)21(8-1-2-8)15(24)22(19)14(9)23;3-2(4,5)1(6)7/h5,7-8H,1-4,6,18-19H2;(H,6,7). The van der Waals surface area contributed by atoms with Crippen molar-refractivity contribution in [2.75, 3.05) is 23.8 Å². The van der Waals surface area contributed by atoms with Crippen LogP contribution < -0.4 is 27.7 Å². The zero-order chi connectivity index (χ0) is 23.2. The van der Waals surface area contributed by atoms with Crippen molar-refractivity contribution in [2.24, 2.45) is 5.73 Å². The van der Waals surface area contributed by atoms with E-state index in [9.17, 15) is 22.8 Å². The summed E-state index contributed by atoms with van der Waals surface area (Å²) in [6.07, 6.45) is -2.86. The van der Waals surface area contributed by atoms with Crippen molar-refractivity contribution >= 4 is 34.2 Å². The van der Waals surface area contributed by atoms with E-state index in [0.717, 1.165) is 19.3 Å². The Kier molecular flexibility index (Phi) is 5.93. The number of aliphatic carboxylic acids is 1. The molecule has 1 aliphatic carbocycles. The quantitative estimate of drug-likeness (QED) is 0.445. The molecule has 9 nitrogen and oxygen atoms in total. The van der Waals surface area contributed by atoms with Crippen molar-refractivity contribution < 1.29 is 27.5 Å². The molecule has 14 heteroatoms. The summed E-state index contributed by atoms with van der Waals surface area (Å²) in [6, 6.07) is 1.20. The first-order chi connectivity index (χ1) is 14.3. The Balaban J connectivity index is 0.000000339. The lowest BCUT2D eigenvalue weighted by Gasteiger charge is -2.22. The topological polar surface area (TPSA) is 137 Å². The molecule has 0 spiro atoms. The first-order valence-electron chi connectivity index (χ1n) is 9.09. The molecule has 4 rings (SSSR count). The Bertz CT molecular complexity index is 1160. The largest absolute Gasteiger partial charge is 0.490 e. The number of nitrogen functional groups attached to an aromatic ring is 1. The highest BCUT2D eigenvalue weighted by atomic mass is 35.5. The van der Waals surface area contributed by atoms with Crippen molar-refractivity contribution in [3.05, 3.63) is 37.7 Å². The van der Waals surface area contributed by atoms with E-state index in [1.807, 2.05) is 0 Å². The van der Waals surface area contributed by atoms with Gasteiger partial charge in [-0.1, -0.05) is 11.6 Å². The van der Waals surface area contributed by atoms with Gasteiger partial charge in [-0.3, -0.25) is 9.36 Å². The number of fused-ring (bicyclic) bond motifs is 1. The van der Waals surface area contributed by atoms with Gasteiger partial charge in [-0.25, -0.2) is 14.0 Å². The monoisotopic (exact) mass is 467 g/mol. The SMILES string of the molecule is NC1CCN(c2c(Cl)cc3c(=O)n(N)c(=O)n(C4CC4)c3c2F)C1.O=C(O)C(F)(F)F. The fourth-order valence-corrected chi connectivity index (χ4v) is 3.69. The number of halogens is 5. The number of rotatable bonds is 2. The second kappa shape index (κ2) is 8.04. The summed E-state index contributed by atoms with van der Waals surface area (Å²) in [5, 5.41) is 7.26. The van der Waals surface area contributed by atoms with Crippen LogP contribution in [0.2, 0.25) is 5.02 Å². The molecule has 1 atom stereocenters. The van der Waals surface area contributed by atoms with Gasteiger partial charge in [0, 0.05) is 25.2 Å². The fraction of sp³-hybridized carbons (Fsp3) is 0.471. The maximum Gasteiger partial charge on any atom is 0.490 e. The van der Waals surface area contributed by atoms with Gasteiger partial charge in [-0.15, -0.1) is 0 Å². The smallest absolute Gasteiger partial charge is 0.475 e. The van der Waals surface area contributed by atoms with E-state index >= 15 is 4.39 Å². The number of hydrogen-bond donors (Lipinski definition) is 3. The predicted octanol–water partition coefficient (Wildman–Crippen LogP) is 1.18. The van der Waals surface area contributed by atoms with E-state index in [0.29, 0.717) is 17.8 Å². The molecular weight excluding hydrogens is 450 g/mol. The van der Waals surface area contributed by atoms with Crippen molar-refractivity contribution in [2.45, 2.75) is 37.5 Å². The molecule has 1 aromatic heterocycles. The second-order valence-electron chi connectivity index (χ2n) is 7.27. The van der Waals surface area contributed by atoms with Gasteiger partial charge in [0.2, 0.25) is 0 Å². The van der Waals surface area contributed by atoms with Crippen LogP contribution >= 0.6 is 11.6 Å². The highest BCUT2D eigenvalue weighted by molar-refractivity contribution is 6.34. The van der Waals surface area contributed by atoms with Crippen LogP contribution in [0.4, 0.5) is 23.2 Å². The second-order valence-corrected chi connectivity index (χ2v) is 7.68. The van der Waals surface area contributed by atoms with Crippen LogP contribution in [-0.4, -0.2) is 45.6 Å². The van der Waals surface area contributed by atoms with E-state index in [1.54, 1.807) is 4.90 Å². The predicted molar refractivity (Wildman–Crippen MR) is 104 cm³/mol. The van der Waals surface area contributed by atoms with E-state index in [1.165, 1.54) is 10.6 Å². The molecular formula is C17H18ClF4N5O4. The molecule has 0 radical (unpaired) electrons. The number of hydrogen-bond acceptors (Lipinski definition) is 6.